The molecule has 2 aromatic rings. The summed E-state index contributed by atoms with van der Waals surface area (Å²) in [6.07, 6.45) is 1.63. The highest BCUT2D eigenvalue weighted by molar-refractivity contribution is 7.80. The molecule has 4 nitrogen and oxygen atoms in total. The summed E-state index contributed by atoms with van der Waals surface area (Å²) in [7, 11) is 0. The third-order valence-electron chi connectivity index (χ3n) is 2.54. The first kappa shape index (κ1) is 12.7. The number of carbonyl (C=O) groups is 1. The van der Waals surface area contributed by atoms with Gasteiger partial charge in [0.15, 0.2) is 0 Å². The van der Waals surface area contributed by atoms with E-state index in [9.17, 15) is 4.79 Å². The highest BCUT2D eigenvalue weighted by atomic mass is 32.1. The Hall–Kier alpha value is -1.75. The van der Waals surface area contributed by atoms with E-state index < -0.39 is 0 Å². The minimum absolute atomic E-state index is 0.153. The zero-order chi connectivity index (χ0) is 13.1. The summed E-state index contributed by atoms with van der Waals surface area (Å²) >= 11 is 4.23. The number of hydrogen-bond donors (Lipinski definition) is 2. The molecule has 0 saturated heterocycles. The average molecular weight is 262 g/mol. The Labute approximate surface area is 111 Å². The van der Waals surface area contributed by atoms with E-state index in [0.717, 1.165) is 16.2 Å². The second-order valence-corrected chi connectivity index (χ2v) is 4.56. The van der Waals surface area contributed by atoms with Crippen molar-refractivity contribution in [1.82, 2.24) is 10.3 Å². The van der Waals surface area contributed by atoms with Crippen molar-refractivity contribution in [3.63, 3.8) is 0 Å². The number of rotatable bonds is 3. The molecule has 1 aromatic carbocycles. The van der Waals surface area contributed by atoms with Crippen molar-refractivity contribution in [1.29, 1.82) is 0 Å². The van der Waals surface area contributed by atoms with Gasteiger partial charge in [0.25, 0.3) is 5.91 Å². The summed E-state index contributed by atoms with van der Waals surface area (Å²) in [5, 5.41) is 2.77. The second-order valence-electron chi connectivity index (χ2n) is 4.05. The van der Waals surface area contributed by atoms with E-state index in [0.29, 0.717) is 11.5 Å². The topological polar surface area (TPSA) is 55.1 Å². The Kier molecular flexibility index (Phi) is 3.72. The quantitative estimate of drug-likeness (QED) is 0.836. The lowest BCUT2D eigenvalue weighted by Crippen LogP contribution is -2.23. The maximum Gasteiger partial charge on any atom is 0.252 e. The van der Waals surface area contributed by atoms with Crippen molar-refractivity contribution in [2.75, 3.05) is 0 Å². The van der Waals surface area contributed by atoms with Gasteiger partial charge in [0, 0.05) is 10.5 Å². The number of aromatic nitrogens is 1. The summed E-state index contributed by atoms with van der Waals surface area (Å²) < 4.78 is 5.28. The van der Waals surface area contributed by atoms with Crippen LogP contribution in [0.2, 0.25) is 0 Å². The van der Waals surface area contributed by atoms with Crippen LogP contribution in [-0.2, 0) is 6.54 Å². The fraction of sp³-hybridized carbons (Fsp3) is 0.231. The fourth-order valence-electron chi connectivity index (χ4n) is 1.59. The smallest absolute Gasteiger partial charge is 0.252 e. The number of nitrogens with one attached hydrogen (secondary N) is 1. The molecule has 0 saturated carbocycles. The van der Waals surface area contributed by atoms with Crippen molar-refractivity contribution >= 4 is 18.5 Å². The van der Waals surface area contributed by atoms with Gasteiger partial charge in [-0.25, -0.2) is 4.98 Å². The van der Waals surface area contributed by atoms with Crippen LogP contribution in [-0.4, -0.2) is 10.9 Å². The van der Waals surface area contributed by atoms with Gasteiger partial charge in [-0.15, -0.1) is 12.6 Å². The van der Waals surface area contributed by atoms with Crippen molar-refractivity contribution in [2.45, 2.75) is 25.3 Å². The van der Waals surface area contributed by atoms with Gasteiger partial charge in [-0.2, -0.15) is 0 Å². The van der Waals surface area contributed by atoms with Crippen LogP contribution in [0.4, 0.5) is 0 Å². The Morgan fingerprint density at radius 3 is 2.89 bits per heavy atom. The standard InChI is InChI=1S/C13H14N2O2S/c1-8-3-4-10(18)5-11(8)13(16)15-7-12-14-6-9(2)17-12/h3-6,18H,7H2,1-2H3,(H,15,16). The summed E-state index contributed by atoms with van der Waals surface area (Å²) in [5.74, 6) is 1.08. The van der Waals surface area contributed by atoms with E-state index >= 15 is 0 Å². The maximum absolute atomic E-state index is 12.0. The molecule has 0 aliphatic carbocycles. The van der Waals surface area contributed by atoms with Crippen molar-refractivity contribution in [2.24, 2.45) is 0 Å². The summed E-state index contributed by atoms with van der Waals surface area (Å²) in [4.78, 5) is 16.8. The van der Waals surface area contributed by atoms with Crippen LogP contribution in [0.3, 0.4) is 0 Å². The molecule has 18 heavy (non-hydrogen) atoms. The van der Waals surface area contributed by atoms with Gasteiger partial charge in [-0.1, -0.05) is 6.07 Å². The number of oxazole rings is 1. The van der Waals surface area contributed by atoms with E-state index in [-0.39, 0.29) is 12.5 Å². The van der Waals surface area contributed by atoms with E-state index in [1.165, 1.54) is 0 Å². The first-order valence-electron chi connectivity index (χ1n) is 5.55. The van der Waals surface area contributed by atoms with E-state index in [4.69, 9.17) is 4.42 Å². The van der Waals surface area contributed by atoms with E-state index in [1.54, 1.807) is 12.3 Å². The molecule has 0 spiro atoms. The maximum atomic E-state index is 12.0. The summed E-state index contributed by atoms with van der Waals surface area (Å²) in [6.45, 7) is 3.98. The van der Waals surface area contributed by atoms with E-state index in [1.807, 2.05) is 26.0 Å². The molecular weight excluding hydrogens is 248 g/mol. The molecule has 0 aliphatic heterocycles. The lowest BCUT2D eigenvalue weighted by Gasteiger charge is -2.06. The zero-order valence-corrected chi connectivity index (χ0v) is 11.1. The first-order valence-corrected chi connectivity index (χ1v) is 6.00. The molecule has 1 heterocycles. The zero-order valence-electron chi connectivity index (χ0n) is 10.2. The third-order valence-corrected chi connectivity index (χ3v) is 2.81. The Morgan fingerprint density at radius 1 is 1.44 bits per heavy atom. The number of carbonyl (C=O) groups excluding carboxylic acids is 1. The van der Waals surface area contributed by atoms with Crippen LogP contribution >= 0.6 is 12.6 Å². The van der Waals surface area contributed by atoms with Gasteiger partial charge in [0.05, 0.1) is 12.7 Å². The molecule has 0 radical (unpaired) electrons. The molecule has 0 aliphatic rings. The van der Waals surface area contributed by atoms with E-state index in [2.05, 4.69) is 22.9 Å². The van der Waals surface area contributed by atoms with Crippen LogP contribution in [0.5, 0.6) is 0 Å². The molecular formula is C13H14N2O2S. The number of nitrogens with zero attached hydrogens (tertiary/aromatic N) is 1. The van der Waals surface area contributed by atoms with Gasteiger partial charge in [-0.3, -0.25) is 4.79 Å². The monoisotopic (exact) mass is 262 g/mol. The van der Waals surface area contributed by atoms with Crippen molar-refractivity contribution in [3.8, 4) is 0 Å². The predicted octanol–water partition coefficient (Wildman–Crippen LogP) is 2.51. The SMILES string of the molecule is Cc1cnc(CNC(=O)c2cc(S)ccc2C)o1. The fourth-order valence-corrected chi connectivity index (χ4v) is 1.79. The third kappa shape index (κ3) is 2.92. The molecule has 1 N–H and O–H groups in total. The molecule has 5 heteroatoms. The van der Waals surface area contributed by atoms with Crippen LogP contribution < -0.4 is 5.32 Å². The molecule has 1 amide bonds. The van der Waals surface area contributed by atoms with Crippen LogP contribution in [0.1, 0.15) is 27.6 Å². The first-order chi connectivity index (χ1) is 8.56. The molecule has 2 rings (SSSR count). The molecule has 1 aromatic heterocycles. The molecule has 0 bridgehead atoms. The van der Waals surface area contributed by atoms with Gasteiger partial charge in [0.2, 0.25) is 5.89 Å². The highest BCUT2D eigenvalue weighted by Gasteiger charge is 2.10. The number of hydrogen-bond acceptors (Lipinski definition) is 4. The predicted molar refractivity (Wildman–Crippen MR) is 70.8 cm³/mol. The largest absolute Gasteiger partial charge is 0.444 e. The van der Waals surface area contributed by atoms with Gasteiger partial charge >= 0.3 is 0 Å². The van der Waals surface area contributed by atoms with Crippen LogP contribution in [0, 0.1) is 13.8 Å². The number of amides is 1. The lowest BCUT2D eigenvalue weighted by molar-refractivity contribution is 0.0946. The minimum Gasteiger partial charge on any atom is -0.444 e. The Morgan fingerprint density at radius 2 is 2.22 bits per heavy atom. The Bertz CT molecular complexity index is 578. The lowest BCUT2D eigenvalue weighted by atomic mass is 10.1. The molecule has 0 unspecified atom stereocenters. The molecule has 0 fully saturated rings. The Balaban J connectivity index is 2.05. The minimum atomic E-state index is -0.153. The van der Waals surface area contributed by atoms with Crippen molar-refractivity contribution in [3.05, 3.63) is 47.2 Å². The number of aryl methyl sites for hydroxylation is 2. The van der Waals surface area contributed by atoms with Gasteiger partial charge in [-0.05, 0) is 31.5 Å². The van der Waals surface area contributed by atoms with Crippen molar-refractivity contribution < 1.29 is 9.21 Å². The highest BCUT2D eigenvalue weighted by Crippen LogP contribution is 2.14. The van der Waals surface area contributed by atoms with Crippen LogP contribution in [0.25, 0.3) is 0 Å². The summed E-state index contributed by atoms with van der Waals surface area (Å²) in [6, 6.07) is 5.47. The molecule has 94 valence electrons. The van der Waals surface area contributed by atoms with Gasteiger partial charge in [0.1, 0.15) is 5.76 Å². The average Bonchev–Trinajstić information content (AvgIpc) is 2.75. The second kappa shape index (κ2) is 5.27. The van der Waals surface area contributed by atoms with Gasteiger partial charge < -0.3 is 9.73 Å². The van der Waals surface area contributed by atoms with Crippen LogP contribution in [0.15, 0.2) is 33.7 Å². The number of benzene rings is 1. The normalized spacial score (nSPS) is 10.4. The number of thiol groups is 1. The summed E-state index contributed by atoms with van der Waals surface area (Å²) in [5.41, 5.74) is 1.53. The molecule has 0 atom stereocenters.